The van der Waals surface area contributed by atoms with Gasteiger partial charge in [0.25, 0.3) is 0 Å². The van der Waals surface area contributed by atoms with Crippen LogP contribution in [0.3, 0.4) is 0 Å². The molecule has 3 aromatic rings. The first-order valence-electron chi connectivity index (χ1n) is 9.92. The van der Waals surface area contributed by atoms with Crippen molar-refractivity contribution in [2.75, 3.05) is 23.8 Å². The van der Waals surface area contributed by atoms with Crippen molar-refractivity contribution < 1.29 is 13.2 Å². The van der Waals surface area contributed by atoms with Crippen LogP contribution in [-0.2, 0) is 14.6 Å². The number of carbonyl (C=O) groups excluding carboxylic acids is 1. The molecule has 0 bridgehead atoms. The highest BCUT2D eigenvalue weighted by molar-refractivity contribution is 8.00. The van der Waals surface area contributed by atoms with Gasteiger partial charge in [-0.15, -0.1) is 10.2 Å². The molecular formula is C22H23N3O3S2. The van der Waals surface area contributed by atoms with E-state index in [1.165, 1.54) is 11.8 Å². The van der Waals surface area contributed by atoms with Gasteiger partial charge in [-0.25, -0.2) is 8.42 Å². The zero-order valence-corrected chi connectivity index (χ0v) is 18.3. The lowest BCUT2D eigenvalue weighted by atomic mass is 10.1. The lowest BCUT2D eigenvalue weighted by molar-refractivity contribution is -0.129. The largest absolute Gasteiger partial charge is 0.338 e. The maximum atomic E-state index is 12.8. The zero-order valence-electron chi connectivity index (χ0n) is 16.7. The van der Waals surface area contributed by atoms with Gasteiger partial charge in [0, 0.05) is 28.9 Å². The second-order valence-electron chi connectivity index (χ2n) is 7.29. The van der Waals surface area contributed by atoms with E-state index in [0.29, 0.717) is 18.0 Å². The molecule has 6 nitrogen and oxygen atoms in total. The summed E-state index contributed by atoms with van der Waals surface area (Å²) in [5.41, 5.74) is 1.81. The minimum atomic E-state index is -3.03. The van der Waals surface area contributed by atoms with E-state index >= 15 is 0 Å². The predicted octanol–water partition coefficient (Wildman–Crippen LogP) is 3.42. The average Bonchev–Trinajstić information content (AvgIpc) is 3.12. The van der Waals surface area contributed by atoms with Crippen LogP contribution in [0.1, 0.15) is 13.3 Å². The van der Waals surface area contributed by atoms with Crippen LogP contribution < -0.4 is 0 Å². The zero-order chi connectivity index (χ0) is 21.1. The normalized spacial score (nSPS) is 17.8. The molecule has 0 radical (unpaired) electrons. The Hall–Kier alpha value is -2.45. The molecule has 0 saturated carbocycles. The number of thioether (sulfide) groups is 1. The van der Waals surface area contributed by atoms with E-state index in [0.717, 1.165) is 22.0 Å². The topological polar surface area (TPSA) is 80.2 Å². The molecule has 2 heterocycles. The van der Waals surface area contributed by atoms with Gasteiger partial charge in [0.05, 0.1) is 17.3 Å². The van der Waals surface area contributed by atoms with Crippen molar-refractivity contribution in [3.8, 4) is 11.3 Å². The molecule has 1 aliphatic heterocycles. The van der Waals surface area contributed by atoms with Crippen molar-refractivity contribution in [3.63, 3.8) is 0 Å². The molecular weight excluding hydrogens is 418 g/mol. The molecule has 1 unspecified atom stereocenters. The van der Waals surface area contributed by atoms with E-state index < -0.39 is 9.84 Å². The van der Waals surface area contributed by atoms with E-state index in [-0.39, 0.29) is 29.2 Å². The number of hydrogen-bond acceptors (Lipinski definition) is 6. The molecule has 0 spiro atoms. The number of nitrogens with zero attached hydrogens (tertiary/aromatic N) is 3. The van der Waals surface area contributed by atoms with Gasteiger partial charge in [-0.1, -0.05) is 66.4 Å². The third kappa shape index (κ3) is 4.34. The molecule has 1 saturated heterocycles. The van der Waals surface area contributed by atoms with Gasteiger partial charge in [-0.05, 0) is 13.3 Å². The van der Waals surface area contributed by atoms with Crippen molar-refractivity contribution in [3.05, 3.63) is 54.6 Å². The Morgan fingerprint density at radius 1 is 1.07 bits per heavy atom. The Kier molecular flexibility index (Phi) is 6.06. The third-order valence-corrected chi connectivity index (χ3v) is 8.06. The predicted molar refractivity (Wildman–Crippen MR) is 120 cm³/mol. The lowest BCUT2D eigenvalue weighted by Gasteiger charge is -2.26. The number of hydrogen-bond donors (Lipinski definition) is 0. The number of benzene rings is 2. The summed E-state index contributed by atoms with van der Waals surface area (Å²) in [6.07, 6.45) is 0.515. The first kappa shape index (κ1) is 20.8. The van der Waals surface area contributed by atoms with Crippen LogP contribution in [0, 0.1) is 0 Å². The molecule has 1 aromatic heterocycles. The van der Waals surface area contributed by atoms with Gasteiger partial charge >= 0.3 is 0 Å². The first-order valence-corrected chi connectivity index (χ1v) is 12.7. The molecule has 1 atom stereocenters. The first-order chi connectivity index (χ1) is 14.5. The van der Waals surface area contributed by atoms with E-state index in [9.17, 15) is 13.2 Å². The molecule has 0 N–H and O–H groups in total. The molecule has 30 heavy (non-hydrogen) atoms. The van der Waals surface area contributed by atoms with Crippen LogP contribution in [0.4, 0.5) is 0 Å². The number of rotatable bonds is 6. The summed E-state index contributed by atoms with van der Waals surface area (Å²) in [5, 5.41) is 11.5. The van der Waals surface area contributed by atoms with Gasteiger partial charge in [-0.3, -0.25) is 4.79 Å². The number of sulfone groups is 1. The van der Waals surface area contributed by atoms with E-state index in [1.54, 1.807) is 4.90 Å². The highest BCUT2D eigenvalue weighted by Gasteiger charge is 2.33. The molecule has 156 valence electrons. The molecule has 2 aromatic carbocycles. The van der Waals surface area contributed by atoms with Gasteiger partial charge in [0.15, 0.2) is 9.84 Å². The van der Waals surface area contributed by atoms with Crippen LogP contribution in [0.5, 0.6) is 0 Å². The molecule has 8 heteroatoms. The Morgan fingerprint density at radius 2 is 1.77 bits per heavy atom. The maximum Gasteiger partial charge on any atom is 0.233 e. The van der Waals surface area contributed by atoms with E-state index in [2.05, 4.69) is 10.2 Å². The monoisotopic (exact) mass is 441 g/mol. The lowest BCUT2D eigenvalue weighted by Crippen LogP contribution is -2.41. The standard InChI is InChI=1S/C22H23N3O3S2/c1-2-25(17-12-13-30(27,28)15-17)20(26)14-29-22-19-11-7-6-10-18(19)21(23-24-22)16-8-4-3-5-9-16/h3-11,17H,2,12-15H2,1H3. The summed E-state index contributed by atoms with van der Waals surface area (Å²) >= 11 is 1.35. The fraction of sp³-hybridized carbons (Fsp3) is 0.318. The smallest absolute Gasteiger partial charge is 0.233 e. The summed E-state index contributed by atoms with van der Waals surface area (Å²) in [5.74, 6) is 0.355. The van der Waals surface area contributed by atoms with Crippen molar-refractivity contribution in [2.45, 2.75) is 24.4 Å². The number of carbonyl (C=O) groups is 1. The average molecular weight is 442 g/mol. The van der Waals surface area contributed by atoms with Gasteiger partial charge < -0.3 is 4.90 Å². The quantitative estimate of drug-likeness (QED) is 0.545. The molecule has 4 rings (SSSR count). The summed E-state index contributed by atoms with van der Waals surface area (Å²) in [4.78, 5) is 14.5. The summed E-state index contributed by atoms with van der Waals surface area (Å²) in [7, 11) is -3.03. The maximum absolute atomic E-state index is 12.8. The van der Waals surface area contributed by atoms with Crippen LogP contribution in [-0.4, -0.2) is 59.3 Å². The van der Waals surface area contributed by atoms with Gasteiger partial charge in [-0.2, -0.15) is 0 Å². The molecule has 1 aliphatic rings. The number of amides is 1. The van der Waals surface area contributed by atoms with Crippen LogP contribution >= 0.6 is 11.8 Å². The Bertz CT molecular complexity index is 1170. The number of aromatic nitrogens is 2. The minimum Gasteiger partial charge on any atom is -0.338 e. The van der Waals surface area contributed by atoms with Crippen LogP contribution in [0.15, 0.2) is 59.6 Å². The Morgan fingerprint density at radius 3 is 2.43 bits per heavy atom. The summed E-state index contributed by atoms with van der Waals surface area (Å²) in [6.45, 7) is 2.39. The Balaban J connectivity index is 1.55. The Labute approximate surface area is 180 Å². The highest BCUT2D eigenvalue weighted by atomic mass is 32.2. The van der Waals surface area contributed by atoms with Crippen molar-refractivity contribution in [1.29, 1.82) is 0 Å². The molecule has 1 fully saturated rings. The molecule has 0 aliphatic carbocycles. The van der Waals surface area contributed by atoms with Crippen LogP contribution in [0.25, 0.3) is 22.0 Å². The molecule has 1 amide bonds. The van der Waals surface area contributed by atoms with Gasteiger partial charge in [0.2, 0.25) is 5.91 Å². The van der Waals surface area contributed by atoms with Crippen molar-refractivity contribution in [2.24, 2.45) is 0 Å². The van der Waals surface area contributed by atoms with Crippen molar-refractivity contribution in [1.82, 2.24) is 15.1 Å². The summed E-state index contributed by atoms with van der Waals surface area (Å²) in [6, 6.07) is 17.6. The van der Waals surface area contributed by atoms with E-state index in [1.807, 2.05) is 61.5 Å². The third-order valence-electron chi connectivity index (χ3n) is 5.34. The fourth-order valence-corrected chi connectivity index (χ4v) is 6.46. The van der Waals surface area contributed by atoms with Crippen LogP contribution in [0.2, 0.25) is 0 Å². The minimum absolute atomic E-state index is 0.0613. The van der Waals surface area contributed by atoms with Crippen molar-refractivity contribution >= 4 is 38.3 Å². The second-order valence-corrected chi connectivity index (χ2v) is 10.5. The van der Waals surface area contributed by atoms with Gasteiger partial charge in [0.1, 0.15) is 10.7 Å². The highest BCUT2D eigenvalue weighted by Crippen LogP contribution is 2.32. The van der Waals surface area contributed by atoms with E-state index in [4.69, 9.17) is 0 Å². The summed E-state index contributed by atoms with van der Waals surface area (Å²) < 4.78 is 23.6. The fourth-order valence-electron chi connectivity index (χ4n) is 3.87. The number of fused-ring (bicyclic) bond motifs is 1. The second kappa shape index (κ2) is 8.73. The SMILES string of the molecule is CCN(C(=O)CSc1nnc(-c2ccccc2)c2ccccc12)C1CCS(=O)(=O)C1.